The summed E-state index contributed by atoms with van der Waals surface area (Å²) in [5, 5.41) is 6.40. The van der Waals surface area contributed by atoms with E-state index >= 15 is 0 Å². The van der Waals surface area contributed by atoms with Gasteiger partial charge in [0.2, 0.25) is 5.91 Å². The van der Waals surface area contributed by atoms with Crippen LogP contribution in [0.1, 0.15) is 29.0 Å². The lowest BCUT2D eigenvalue weighted by Gasteiger charge is -2.26. The standard InChI is InChI=1S/C18H20N2O/c1-12-7-8-14(11-13(12)2)20-18(21)16-9-10-19-17-6-4-3-5-15(16)17/h3-8,11,16,19H,9-10H2,1-2H3,(H,20,21). The Morgan fingerprint density at radius 1 is 1.14 bits per heavy atom. The molecular formula is C18H20N2O. The molecule has 1 aliphatic heterocycles. The lowest BCUT2D eigenvalue weighted by Crippen LogP contribution is -2.27. The fourth-order valence-electron chi connectivity index (χ4n) is 2.79. The van der Waals surface area contributed by atoms with E-state index in [4.69, 9.17) is 0 Å². The number of hydrogen-bond donors (Lipinski definition) is 2. The van der Waals surface area contributed by atoms with E-state index in [1.54, 1.807) is 0 Å². The van der Waals surface area contributed by atoms with E-state index < -0.39 is 0 Å². The maximum absolute atomic E-state index is 12.6. The van der Waals surface area contributed by atoms with Crippen molar-refractivity contribution < 1.29 is 4.79 Å². The van der Waals surface area contributed by atoms with E-state index in [2.05, 4.69) is 24.5 Å². The van der Waals surface area contributed by atoms with Gasteiger partial charge in [0.25, 0.3) is 0 Å². The van der Waals surface area contributed by atoms with Crippen molar-refractivity contribution in [3.05, 3.63) is 59.2 Å². The molecule has 1 heterocycles. The SMILES string of the molecule is Cc1ccc(NC(=O)C2CCNc3ccccc32)cc1C. The fourth-order valence-corrected chi connectivity index (χ4v) is 2.79. The molecule has 3 heteroatoms. The second-order valence-electron chi connectivity index (χ2n) is 5.64. The average molecular weight is 280 g/mol. The highest BCUT2D eigenvalue weighted by Gasteiger charge is 2.26. The summed E-state index contributed by atoms with van der Waals surface area (Å²) in [6.45, 7) is 4.97. The smallest absolute Gasteiger partial charge is 0.232 e. The molecule has 0 bridgehead atoms. The Labute approximate surface area is 125 Å². The van der Waals surface area contributed by atoms with Gasteiger partial charge >= 0.3 is 0 Å². The minimum atomic E-state index is -0.0796. The third kappa shape index (κ3) is 2.77. The van der Waals surface area contributed by atoms with Gasteiger partial charge in [-0.25, -0.2) is 0 Å². The molecule has 0 radical (unpaired) electrons. The van der Waals surface area contributed by atoms with Crippen LogP contribution in [0.4, 0.5) is 11.4 Å². The second-order valence-corrected chi connectivity index (χ2v) is 5.64. The molecule has 1 unspecified atom stereocenters. The Morgan fingerprint density at radius 2 is 1.95 bits per heavy atom. The number of carbonyl (C=O) groups excluding carboxylic acids is 1. The van der Waals surface area contributed by atoms with Gasteiger partial charge in [0.1, 0.15) is 0 Å². The molecule has 0 saturated carbocycles. The van der Waals surface area contributed by atoms with E-state index in [1.807, 2.05) is 42.5 Å². The summed E-state index contributed by atoms with van der Waals surface area (Å²) in [4.78, 5) is 12.6. The first-order chi connectivity index (χ1) is 10.1. The molecule has 0 saturated heterocycles. The number of carbonyl (C=O) groups is 1. The van der Waals surface area contributed by atoms with Gasteiger partial charge in [-0.3, -0.25) is 4.79 Å². The molecule has 0 aliphatic carbocycles. The summed E-state index contributed by atoms with van der Waals surface area (Å²) in [6.07, 6.45) is 0.827. The number of benzene rings is 2. The zero-order valence-corrected chi connectivity index (χ0v) is 12.4. The zero-order chi connectivity index (χ0) is 14.8. The highest BCUT2D eigenvalue weighted by atomic mass is 16.1. The van der Waals surface area contributed by atoms with Gasteiger partial charge in [0, 0.05) is 17.9 Å². The summed E-state index contributed by atoms with van der Waals surface area (Å²) >= 11 is 0. The zero-order valence-electron chi connectivity index (χ0n) is 12.4. The van der Waals surface area contributed by atoms with Gasteiger partial charge < -0.3 is 10.6 Å². The number of hydrogen-bond acceptors (Lipinski definition) is 2. The number of amides is 1. The number of rotatable bonds is 2. The van der Waals surface area contributed by atoms with Gasteiger partial charge in [0.15, 0.2) is 0 Å². The van der Waals surface area contributed by atoms with Crippen LogP contribution in [-0.2, 0) is 4.79 Å². The van der Waals surface area contributed by atoms with E-state index in [0.29, 0.717) is 0 Å². The van der Waals surface area contributed by atoms with Gasteiger partial charge in [-0.05, 0) is 55.2 Å². The van der Waals surface area contributed by atoms with E-state index in [9.17, 15) is 4.79 Å². The first-order valence-electron chi connectivity index (χ1n) is 7.36. The van der Waals surface area contributed by atoms with Gasteiger partial charge in [-0.1, -0.05) is 24.3 Å². The van der Waals surface area contributed by atoms with Crippen molar-refractivity contribution in [3.63, 3.8) is 0 Å². The summed E-state index contributed by atoms with van der Waals surface area (Å²) < 4.78 is 0. The Balaban J connectivity index is 1.81. The third-order valence-corrected chi connectivity index (χ3v) is 4.18. The molecule has 2 aromatic rings. The van der Waals surface area contributed by atoms with Gasteiger partial charge in [-0.2, -0.15) is 0 Å². The molecule has 1 amide bonds. The van der Waals surface area contributed by atoms with Gasteiger partial charge in [0.05, 0.1) is 5.92 Å². The van der Waals surface area contributed by atoms with Crippen LogP contribution in [0.3, 0.4) is 0 Å². The van der Waals surface area contributed by atoms with Crippen LogP contribution in [0.2, 0.25) is 0 Å². The normalized spacial score (nSPS) is 16.8. The van der Waals surface area contributed by atoms with Crippen molar-refractivity contribution in [1.82, 2.24) is 0 Å². The lowest BCUT2D eigenvalue weighted by atomic mass is 9.90. The number of para-hydroxylation sites is 1. The molecule has 2 N–H and O–H groups in total. The predicted molar refractivity (Wildman–Crippen MR) is 86.8 cm³/mol. The fraction of sp³-hybridized carbons (Fsp3) is 0.278. The van der Waals surface area contributed by atoms with Crippen LogP contribution in [-0.4, -0.2) is 12.5 Å². The number of fused-ring (bicyclic) bond motifs is 1. The minimum absolute atomic E-state index is 0.0761. The molecule has 0 fully saturated rings. The van der Waals surface area contributed by atoms with Crippen molar-refractivity contribution >= 4 is 17.3 Å². The minimum Gasteiger partial charge on any atom is -0.385 e. The molecule has 21 heavy (non-hydrogen) atoms. The maximum atomic E-state index is 12.6. The van der Waals surface area contributed by atoms with Crippen molar-refractivity contribution in [2.45, 2.75) is 26.2 Å². The lowest BCUT2D eigenvalue weighted by molar-refractivity contribution is -0.117. The van der Waals surface area contributed by atoms with Crippen LogP contribution in [0.25, 0.3) is 0 Å². The highest BCUT2D eigenvalue weighted by Crippen LogP contribution is 2.32. The van der Waals surface area contributed by atoms with Crippen molar-refractivity contribution in [2.24, 2.45) is 0 Å². The first-order valence-corrected chi connectivity index (χ1v) is 7.36. The average Bonchev–Trinajstić information content (AvgIpc) is 2.50. The van der Waals surface area contributed by atoms with Crippen LogP contribution >= 0.6 is 0 Å². The molecule has 2 aromatic carbocycles. The molecule has 0 spiro atoms. The van der Waals surface area contributed by atoms with Crippen LogP contribution in [0.15, 0.2) is 42.5 Å². The Morgan fingerprint density at radius 3 is 2.76 bits per heavy atom. The van der Waals surface area contributed by atoms with E-state index in [0.717, 1.165) is 29.9 Å². The molecule has 3 nitrogen and oxygen atoms in total. The monoisotopic (exact) mass is 280 g/mol. The Hall–Kier alpha value is -2.29. The Bertz CT molecular complexity index is 679. The van der Waals surface area contributed by atoms with Crippen molar-refractivity contribution in [2.75, 3.05) is 17.2 Å². The third-order valence-electron chi connectivity index (χ3n) is 4.18. The molecular weight excluding hydrogens is 260 g/mol. The number of nitrogens with one attached hydrogen (secondary N) is 2. The van der Waals surface area contributed by atoms with Crippen LogP contribution in [0.5, 0.6) is 0 Å². The summed E-state index contributed by atoms with van der Waals surface area (Å²) in [5.41, 5.74) is 5.46. The van der Waals surface area contributed by atoms with Gasteiger partial charge in [-0.15, -0.1) is 0 Å². The van der Waals surface area contributed by atoms with Crippen molar-refractivity contribution in [3.8, 4) is 0 Å². The second kappa shape index (κ2) is 5.60. The summed E-state index contributed by atoms with van der Waals surface area (Å²) in [7, 11) is 0. The molecule has 108 valence electrons. The number of aryl methyl sites for hydroxylation is 2. The maximum Gasteiger partial charge on any atom is 0.232 e. The number of anilines is 2. The predicted octanol–water partition coefficient (Wildman–Crippen LogP) is 3.84. The summed E-state index contributed by atoms with van der Waals surface area (Å²) in [6, 6.07) is 14.1. The van der Waals surface area contributed by atoms with E-state index in [-0.39, 0.29) is 11.8 Å². The first kappa shape index (κ1) is 13.7. The van der Waals surface area contributed by atoms with Crippen molar-refractivity contribution in [1.29, 1.82) is 0 Å². The molecule has 1 atom stereocenters. The quantitative estimate of drug-likeness (QED) is 0.877. The largest absolute Gasteiger partial charge is 0.385 e. The Kier molecular flexibility index (Phi) is 3.65. The molecule has 0 aromatic heterocycles. The topological polar surface area (TPSA) is 41.1 Å². The van der Waals surface area contributed by atoms with Crippen LogP contribution in [0, 0.1) is 13.8 Å². The molecule has 1 aliphatic rings. The highest BCUT2D eigenvalue weighted by molar-refractivity contribution is 5.97. The molecule has 3 rings (SSSR count). The van der Waals surface area contributed by atoms with E-state index in [1.165, 1.54) is 11.1 Å². The van der Waals surface area contributed by atoms with Crippen LogP contribution < -0.4 is 10.6 Å². The summed E-state index contributed by atoms with van der Waals surface area (Å²) in [5.74, 6) is -0.00346.